The maximum Gasteiger partial charge on any atom is 0.224 e. The maximum atomic E-state index is 12.3. The number of imidazole rings is 1. The summed E-state index contributed by atoms with van der Waals surface area (Å²) in [5.74, 6) is 0.246. The summed E-state index contributed by atoms with van der Waals surface area (Å²) in [7, 11) is 0. The predicted molar refractivity (Wildman–Crippen MR) is 89.9 cm³/mol. The second kappa shape index (κ2) is 7.42. The van der Waals surface area contributed by atoms with Crippen LogP contribution in [0.3, 0.4) is 0 Å². The first-order valence-corrected chi connectivity index (χ1v) is 8.23. The monoisotopic (exact) mass is 312 g/mol. The minimum atomic E-state index is 0.246. The molecule has 0 N–H and O–H groups in total. The number of hydrogen-bond acceptors (Lipinski definition) is 3. The SMILES string of the molecule is Cc1cn(CCC(=O)N2CCN(Cc3ccccc3)CC2)cn1. The third kappa shape index (κ3) is 4.42. The van der Waals surface area contributed by atoms with Gasteiger partial charge in [0.25, 0.3) is 0 Å². The Labute approximate surface area is 137 Å². The molecule has 0 unspecified atom stereocenters. The fourth-order valence-electron chi connectivity index (χ4n) is 2.97. The lowest BCUT2D eigenvalue weighted by Crippen LogP contribution is -2.48. The van der Waals surface area contributed by atoms with E-state index in [-0.39, 0.29) is 5.91 Å². The lowest BCUT2D eigenvalue weighted by Gasteiger charge is -2.34. The van der Waals surface area contributed by atoms with Crippen molar-refractivity contribution >= 4 is 5.91 Å². The lowest BCUT2D eigenvalue weighted by atomic mass is 10.2. The fraction of sp³-hybridized carbons (Fsp3) is 0.444. The number of hydrogen-bond donors (Lipinski definition) is 0. The van der Waals surface area contributed by atoms with Crippen LogP contribution in [0.4, 0.5) is 0 Å². The predicted octanol–water partition coefficient (Wildman–Crippen LogP) is 1.93. The van der Waals surface area contributed by atoms with Crippen molar-refractivity contribution in [1.82, 2.24) is 19.4 Å². The number of aryl methyl sites for hydroxylation is 2. The summed E-state index contributed by atoms with van der Waals surface area (Å²) in [6.45, 7) is 7.20. The Balaban J connectivity index is 1.42. The molecule has 1 saturated heterocycles. The number of nitrogens with zero attached hydrogens (tertiary/aromatic N) is 4. The first-order valence-electron chi connectivity index (χ1n) is 8.23. The van der Waals surface area contributed by atoms with Crippen molar-refractivity contribution in [1.29, 1.82) is 0 Å². The molecule has 0 bridgehead atoms. The van der Waals surface area contributed by atoms with Crippen molar-refractivity contribution < 1.29 is 4.79 Å². The molecule has 1 aromatic carbocycles. The van der Waals surface area contributed by atoms with Gasteiger partial charge >= 0.3 is 0 Å². The van der Waals surface area contributed by atoms with Crippen molar-refractivity contribution in [2.75, 3.05) is 26.2 Å². The molecule has 0 radical (unpaired) electrons. The van der Waals surface area contributed by atoms with E-state index >= 15 is 0 Å². The second-order valence-electron chi connectivity index (χ2n) is 6.15. The Bertz CT molecular complexity index is 629. The standard InChI is InChI=1S/C18H24N4O/c1-16-13-21(15-19-16)8-7-18(23)22-11-9-20(10-12-22)14-17-5-3-2-4-6-17/h2-6,13,15H,7-12,14H2,1H3. The summed E-state index contributed by atoms with van der Waals surface area (Å²) in [5, 5.41) is 0. The van der Waals surface area contributed by atoms with Crippen LogP contribution in [0.2, 0.25) is 0 Å². The van der Waals surface area contributed by atoms with Gasteiger partial charge in [-0.3, -0.25) is 9.69 Å². The van der Waals surface area contributed by atoms with Gasteiger partial charge in [0.1, 0.15) is 0 Å². The van der Waals surface area contributed by atoms with Crippen LogP contribution in [0.15, 0.2) is 42.9 Å². The van der Waals surface area contributed by atoms with Gasteiger partial charge in [0.15, 0.2) is 0 Å². The van der Waals surface area contributed by atoms with Crippen molar-refractivity contribution in [2.24, 2.45) is 0 Å². The number of carbonyl (C=O) groups excluding carboxylic acids is 1. The van der Waals surface area contributed by atoms with Crippen LogP contribution in [0.25, 0.3) is 0 Å². The van der Waals surface area contributed by atoms with E-state index in [2.05, 4.69) is 34.1 Å². The van der Waals surface area contributed by atoms with E-state index in [1.807, 2.05) is 28.7 Å². The van der Waals surface area contributed by atoms with Crippen molar-refractivity contribution in [3.05, 3.63) is 54.1 Å². The van der Waals surface area contributed by atoms with Gasteiger partial charge in [0, 0.05) is 51.9 Å². The minimum absolute atomic E-state index is 0.246. The normalized spacial score (nSPS) is 15.8. The minimum Gasteiger partial charge on any atom is -0.340 e. The van der Waals surface area contributed by atoms with Gasteiger partial charge in [-0.15, -0.1) is 0 Å². The summed E-state index contributed by atoms with van der Waals surface area (Å²) in [6.07, 6.45) is 4.32. The molecular formula is C18H24N4O. The Morgan fingerprint density at radius 2 is 1.87 bits per heavy atom. The van der Waals surface area contributed by atoms with Crippen LogP contribution >= 0.6 is 0 Å². The zero-order valence-corrected chi connectivity index (χ0v) is 13.7. The number of piperazine rings is 1. The smallest absolute Gasteiger partial charge is 0.224 e. The van der Waals surface area contributed by atoms with E-state index < -0.39 is 0 Å². The molecule has 23 heavy (non-hydrogen) atoms. The van der Waals surface area contributed by atoms with Gasteiger partial charge in [-0.05, 0) is 12.5 Å². The van der Waals surface area contributed by atoms with Gasteiger partial charge in [0.2, 0.25) is 5.91 Å². The molecule has 1 aliphatic heterocycles. The van der Waals surface area contributed by atoms with Crippen LogP contribution in [0.1, 0.15) is 17.7 Å². The average Bonchev–Trinajstić information content (AvgIpc) is 3.00. The summed E-state index contributed by atoms with van der Waals surface area (Å²) in [5.41, 5.74) is 2.33. The summed E-state index contributed by atoms with van der Waals surface area (Å²) in [4.78, 5) is 20.9. The second-order valence-corrected chi connectivity index (χ2v) is 6.15. The Hall–Kier alpha value is -2.14. The van der Waals surface area contributed by atoms with Gasteiger partial charge in [-0.25, -0.2) is 4.98 Å². The molecule has 5 nitrogen and oxygen atoms in total. The Morgan fingerprint density at radius 1 is 1.13 bits per heavy atom. The first-order chi connectivity index (χ1) is 11.2. The molecule has 0 spiro atoms. The molecule has 1 fully saturated rings. The largest absolute Gasteiger partial charge is 0.340 e. The van der Waals surface area contributed by atoms with Gasteiger partial charge in [-0.2, -0.15) is 0 Å². The quantitative estimate of drug-likeness (QED) is 0.847. The van der Waals surface area contributed by atoms with Crippen LogP contribution in [0.5, 0.6) is 0 Å². The number of aromatic nitrogens is 2. The molecule has 0 saturated carbocycles. The highest BCUT2D eigenvalue weighted by atomic mass is 16.2. The molecule has 1 aliphatic rings. The first kappa shape index (κ1) is 15.7. The highest BCUT2D eigenvalue weighted by molar-refractivity contribution is 5.76. The van der Waals surface area contributed by atoms with Gasteiger partial charge < -0.3 is 9.47 Å². The maximum absolute atomic E-state index is 12.3. The third-order valence-electron chi connectivity index (χ3n) is 4.32. The topological polar surface area (TPSA) is 41.4 Å². The van der Waals surface area contributed by atoms with E-state index in [0.717, 1.165) is 38.4 Å². The van der Waals surface area contributed by atoms with Crippen LogP contribution < -0.4 is 0 Å². The van der Waals surface area contributed by atoms with Crippen molar-refractivity contribution in [2.45, 2.75) is 26.4 Å². The molecule has 3 rings (SSSR count). The van der Waals surface area contributed by atoms with E-state index in [1.165, 1.54) is 5.56 Å². The summed E-state index contributed by atoms with van der Waals surface area (Å²) in [6, 6.07) is 10.5. The van der Waals surface area contributed by atoms with E-state index in [1.54, 1.807) is 6.33 Å². The van der Waals surface area contributed by atoms with E-state index in [9.17, 15) is 4.79 Å². The van der Waals surface area contributed by atoms with Gasteiger partial charge in [-0.1, -0.05) is 30.3 Å². The Kier molecular flexibility index (Phi) is 5.08. The highest BCUT2D eigenvalue weighted by Gasteiger charge is 2.20. The number of carbonyl (C=O) groups is 1. The third-order valence-corrected chi connectivity index (χ3v) is 4.32. The molecule has 2 aromatic rings. The summed E-state index contributed by atoms with van der Waals surface area (Å²) >= 11 is 0. The average molecular weight is 312 g/mol. The highest BCUT2D eigenvalue weighted by Crippen LogP contribution is 2.09. The van der Waals surface area contributed by atoms with Crippen LogP contribution in [-0.4, -0.2) is 51.4 Å². The fourth-order valence-corrected chi connectivity index (χ4v) is 2.97. The molecule has 1 aromatic heterocycles. The number of benzene rings is 1. The molecule has 122 valence electrons. The Morgan fingerprint density at radius 3 is 2.52 bits per heavy atom. The van der Waals surface area contributed by atoms with Crippen LogP contribution in [-0.2, 0) is 17.9 Å². The molecule has 2 heterocycles. The number of amides is 1. The lowest BCUT2D eigenvalue weighted by molar-refractivity contribution is -0.133. The van der Waals surface area contributed by atoms with Crippen molar-refractivity contribution in [3.63, 3.8) is 0 Å². The molecule has 0 aliphatic carbocycles. The van der Waals surface area contributed by atoms with E-state index in [4.69, 9.17) is 0 Å². The molecule has 0 atom stereocenters. The van der Waals surface area contributed by atoms with Crippen LogP contribution in [0, 0.1) is 6.92 Å². The van der Waals surface area contributed by atoms with Crippen molar-refractivity contribution in [3.8, 4) is 0 Å². The number of rotatable bonds is 5. The summed E-state index contributed by atoms with van der Waals surface area (Å²) < 4.78 is 1.99. The molecule has 1 amide bonds. The molecular weight excluding hydrogens is 288 g/mol. The molecule has 5 heteroatoms. The zero-order valence-electron chi connectivity index (χ0n) is 13.7. The van der Waals surface area contributed by atoms with E-state index in [0.29, 0.717) is 13.0 Å². The zero-order chi connectivity index (χ0) is 16.1. The van der Waals surface area contributed by atoms with Gasteiger partial charge in [0.05, 0.1) is 12.0 Å².